The van der Waals surface area contributed by atoms with Crippen LogP contribution in [0.3, 0.4) is 0 Å². The van der Waals surface area contributed by atoms with E-state index in [1.165, 1.54) is 12.1 Å². The number of anilines is 1. The molecule has 1 unspecified atom stereocenters. The summed E-state index contributed by atoms with van der Waals surface area (Å²) in [5.74, 6) is -0.476. The molecule has 1 atom stereocenters. The summed E-state index contributed by atoms with van der Waals surface area (Å²) in [6, 6.07) is 2.84. The maximum Gasteiger partial charge on any atom is 0.149 e. The minimum absolute atomic E-state index is 0.0520. The molecule has 1 saturated heterocycles. The fraction of sp³-hybridized carbons (Fsp3) is 0.625. The summed E-state index contributed by atoms with van der Waals surface area (Å²) in [5, 5.41) is 3.19. The molecule has 1 heterocycles. The first-order chi connectivity index (χ1) is 10.0. The fourth-order valence-corrected chi connectivity index (χ4v) is 2.65. The fourth-order valence-electron chi connectivity index (χ4n) is 2.65. The maximum absolute atomic E-state index is 14.2. The first kappa shape index (κ1) is 16.2. The van der Waals surface area contributed by atoms with Crippen LogP contribution in [0.15, 0.2) is 12.1 Å². The Bertz CT molecular complexity index is 456. The number of hydrogen-bond donors (Lipinski definition) is 1. The Morgan fingerprint density at radius 3 is 2.52 bits per heavy atom. The maximum atomic E-state index is 14.2. The quantitative estimate of drug-likeness (QED) is 0.874. The van der Waals surface area contributed by atoms with E-state index >= 15 is 0 Å². The van der Waals surface area contributed by atoms with E-state index in [-0.39, 0.29) is 11.8 Å². The average molecular weight is 298 g/mol. The van der Waals surface area contributed by atoms with Gasteiger partial charge in [-0.1, -0.05) is 13.8 Å². The van der Waals surface area contributed by atoms with E-state index in [1.54, 1.807) is 12.0 Å². The van der Waals surface area contributed by atoms with Gasteiger partial charge in [-0.15, -0.1) is 0 Å². The van der Waals surface area contributed by atoms with Gasteiger partial charge in [-0.3, -0.25) is 0 Å². The molecule has 0 spiro atoms. The normalized spacial score (nSPS) is 18.8. The highest BCUT2D eigenvalue weighted by Gasteiger charge is 2.26. The molecule has 1 N–H and O–H groups in total. The molecule has 0 radical (unpaired) electrons. The van der Waals surface area contributed by atoms with E-state index in [2.05, 4.69) is 19.2 Å². The zero-order chi connectivity index (χ0) is 15.4. The first-order valence-electron chi connectivity index (χ1n) is 7.47. The van der Waals surface area contributed by atoms with Gasteiger partial charge in [0.05, 0.1) is 6.10 Å². The SMILES string of the molecule is COC1CCN(c2c(F)cc(CNCC(C)C)cc2F)C1. The Balaban J connectivity index is 2.07. The van der Waals surface area contributed by atoms with Crippen LogP contribution in [0.25, 0.3) is 0 Å². The van der Waals surface area contributed by atoms with Gasteiger partial charge in [0, 0.05) is 26.7 Å². The lowest BCUT2D eigenvalue weighted by Gasteiger charge is -2.20. The van der Waals surface area contributed by atoms with Crippen molar-refractivity contribution in [3.63, 3.8) is 0 Å². The molecular formula is C16H24F2N2O. The van der Waals surface area contributed by atoms with Gasteiger partial charge < -0.3 is 15.0 Å². The minimum Gasteiger partial charge on any atom is -0.380 e. The van der Waals surface area contributed by atoms with Crippen LogP contribution >= 0.6 is 0 Å². The van der Waals surface area contributed by atoms with Gasteiger partial charge in [0.25, 0.3) is 0 Å². The lowest BCUT2D eigenvalue weighted by molar-refractivity contribution is 0.121. The average Bonchev–Trinajstić information content (AvgIpc) is 2.86. The van der Waals surface area contributed by atoms with Crippen LogP contribution in [0.4, 0.5) is 14.5 Å². The number of methoxy groups -OCH3 is 1. The number of rotatable bonds is 6. The molecule has 0 amide bonds. The van der Waals surface area contributed by atoms with Crippen LogP contribution in [-0.2, 0) is 11.3 Å². The Labute approximate surface area is 125 Å². The van der Waals surface area contributed by atoms with Crippen LogP contribution in [-0.4, -0.2) is 32.8 Å². The lowest BCUT2D eigenvalue weighted by Crippen LogP contribution is -2.25. The molecule has 0 bridgehead atoms. The minimum atomic E-state index is -0.492. The number of hydrogen-bond acceptors (Lipinski definition) is 3. The molecule has 1 aliphatic heterocycles. The predicted molar refractivity (Wildman–Crippen MR) is 80.5 cm³/mol. The predicted octanol–water partition coefficient (Wildman–Crippen LogP) is 2.94. The summed E-state index contributed by atoms with van der Waals surface area (Å²) < 4.78 is 33.7. The van der Waals surface area contributed by atoms with Crippen molar-refractivity contribution in [3.8, 4) is 0 Å². The van der Waals surface area contributed by atoms with E-state index in [0.717, 1.165) is 13.0 Å². The number of halogens is 2. The van der Waals surface area contributed by atoms with Crippen LogP contribution in [0.1, 0.15) is 25.8 Å². The van der Waals surface area contributed by atoms with E-state index in [4.69, 9.17) is 4.74 Å². The van der Waals surface area contributed by atoms with Gasteiger partial charge >= 0.3 is 0 Å². The van der Waals surface area contributed by atoms with Gasteiger partial charge in [-0.25, -0.2) is 8.78 Å². The molecule has 5 heteroatoms. The third-order valence-corrected chi connectivity index (χ3v) is 3.75. The third-order valence-electron chi connectivity index (χ3n) is 3.75. The summed E-state index contributed by atoms with van der Waals surface area (Å²) >= 11 is 0. The van der Waals surface area contributed by atoms with E-state index in [1.807, 2.05) is 0 Å². The van der Waals surface area contributed by atoms with Crippen molar-refractivity contribution in [2.24, 2.45) is 5.92 Å². The Kier molecular flexibility index (Phi) is 5.53. The molecule has 3 nitrogen and oxygen atoms in total. The zero-order valence-corrected chi connectivity index (χ0v) is 13.0. The Morgan fingerprint density at radius 2 is 2.00 bits per heavy atom. The molecule has 118 valence electrons. The van der Waals surface area contributed by atoms with Gasteiger partial charge in [0.15, 0.2) is 0 Å². The van der Waals surface area contributed by atoms with Crippen molar-refractivity contribution >= 4 is 5.69 Å². The van der Waals surface area contributed by atoms with Crippen molar-refractivity contribution in [2.45, 2.75) is 32.9 Å². The Morgan fingerprint density at radius 1 is 1.33 bits per heavy atom. The smallest absolute Gasteiger partial charge is 0.149 e. The van der Waals surface area contributed by atoms with Crippen molar-refractivity contribution in [3.05, 3.63) is 29.3 Å². The topological polar surface area (TPSA) is 24.5 Å². The molecule has 1 aromatic rings. The number of benzene rings is 1. The number of nitrogens with zero attached hydrogens (tertiary/aromatic N) is 1. The zero-order valence-electron chi connectivity index (χ0n) is 13.0. The van der Waals surface area contributed by atoms with Gasteiger partial charge in [0.1, 0.15) is 17.3 Å². The number of nitrogens with one attached hydrogen (secondary N) is 1. The lowest BCUT2D eigenvalue weighted by atomic mass is 10.1. The number of ether oxygens (including phenoxy) is 1. The van der Waals surface area contributed by atoms with E-state index in [0.29, 0.717) is 31.1 Å². The summed E-state index contributed by atoms with van der Waals surface area (Å²) in [6.45, 7) is 6.65. The van der Waals surface area contributed by atoms with Crippen LogP contribution in [0, 0.1) is 17.6 Å². The van der Waals surface area contributed by atoms with Crippen molar-refractivity contribution in [2.75, 3.05) is 31.6 Å². The van der Waals surface area contributed by atoms with Crippen LogP contribution < -0.4 is 10.2 Å². The van der Waals surface area contributed by atoms with Gasteiger partial charge in [-0.2, -0.15) is 0 Å². The molecule has 0 aliphatic carbocycles. The molecule has 1 fully saturated rings. The molecule has 2 rings (SSSR count). The first-order valence-corrected chi connectivity index (χ1v) is 7.47. The second kappa shape index (κ2) is 7.18. The summed E-state index contributed by atoms with van der Waals surface area (Å²) in [7, 11) is 1.63. The van der Waals surface area contributed by atoms with Crippen molar-refractivity contribution in [1.29, 1.82) is 0 Å². The highest BCUT2D eigenvalue weighted by molar-refractivity contribution is 5.51. The van der Waals surface area contributed by atoms with Crippen LogP contribution in [0.5, 0.6) is 0 Å². The van der Waals surface area contributed by atoms with E-state index < -0.39 is 11.6 Å². The highest BCUT2D eigenvalue weighted by Crippen LogP contribution is 2.28. The van der Waals surface area contributed by atoms with Crippen LogP contribution in [0.2, 0.25) is 0 Å². The molecule has 21 heavy (non-hydrogen) atoms. The van der Waals surface area contributed by atoms with Gasteiger partial charge in [-0.05, 0) is 36.6 Å². The summed E-state index contributed by atoms with van der Waals surface area (Å²) in [5.41, 5.74) is 0.707. The molecule has 1 aromatic carbocycles. The second-order valence-electron chi connectivity index (χ2n) is 6.03. The largest absolute Gasteiger partial charge is 0.380 e. The van der Waals surface area contributed by atoms with E-state index in [9.17, 15) is 8.78 Å². The summed E-state index contributed by atoms with van der Waals surface area (Å²) in [4.78, 5) is 1.73. The molecule has 0 aromatic heterocycles. The molecule has 0 saturated carbocycles. The third kappa shape index (κ3) is 4.14. The van der Waals surface area contributed by atoms with Crippen molar-refractivity contribution < 1.29 is 13.5 Å². The Hall–Kier alpha value is -1.20. The summed E-state index contributed by atoms with van der Waals surface area (Å²) in [6.07, 6.45) is 0.851. The van der Waals surface area contributed by atoms with Crippen molar-refractivity contribution in [1.82, 2.24) is 5.32 Å². The molecular weight excluding hydrogens is 274 g/mol. The highest BCUT2D eigenvalue weighted by atomic mass is 19.1. The molecule has 1 aliphatic rings. The van der Waals surface area contributed by atoms with Gasteiger partial charge in [0.2, 0.25) is 0 Å². The standard InChI is InChI=1S/C16H24F2N2O/c1-11(2)8-19-9-12-6-14(17)16(15(18)7-12)20-5-4-13(10-20)21-3/h6-7,11,13,19H,4-5,8-10H2,1-3H3. The second-order valence-corrected chi connectivity index (χ2v) is 6.03. The monoisotopic (exact) mass is 298 g/mol.